The van der Waals surface area contributed by atoms with Crippen LogP contribution < -0.4 is 5.32 Å². The van der Waals surface area contributed by atoms with Gasteiger partial charge in [0.2, 0.25) is 0 Å². The predicted molar refractivity (Wildman–Crippen MR) is 119 cm³/mol. The van der Waals surface area contributed by atoms with E-state index >= 15 is 0 Å². The molecule has 0 saturated carbocycles. The van der Waals surface area contributed by atoms with Crippen LogP contribution in [0.1, 0.15) is 49.4 Å². The molecule has 31 heavy (non-hydrogen) atoms. The smallest absolute Gasteiger partial charge is 0.407 e. The average Bonchev–Trinajstić information content (AvgIpc) is 2.99. The first kappa shape index (κ1) is 20.5. The minimum Gasteiger partial charge on any atom is -0.445 e. The molecule has 5 heteroatoms. The van der Waals surface area contributed by atoms with Gasteiger partial charge >= 0.3 is 6.09 Å². The number of fused-ring (bicyclic) bond motifs is 4. The molecule has 0 spiro atoms. The van der Waals surface area contributed by atoms with Crippen molar-refractivity contribution in [3.05, 3.63) is 58.9 Å². The van der Waals surface area contributed by atoms with E-state index in [1.165, 1.54) is 11.6 Å². The summed E-state index contributed by atoms with van der Waals surface area (Å²) < 4.78 is 19.7. The largest absolute Gasteiger partial charge is 0.445 e. The number of halogens is 1. The first-order chi connectivity index (χ1) is 14.8. The van der Waals surface area contributed by atoms with Crippen molar-refractivity contribution >= 4 is 6.09 Å². The lowest BCUT2D eigenvalue weighted by Crippen LogP contribution is -2.53. The molecule has 3 aliphatic heterocycles. The first-order valence-corrected chi connectivity index (χ1v) is 11.4. The van der Waals surface area contributed by atoms with Crippen LogP contribution >= 0.6 is 0 Å². The van der Waals surface area contributed by atoms with Crippen LogP contribution in [0.3, 0.4) is 0 Å². The van der Waals surface area contributed by atoms with E-state index in [0.717, 1.165) is 61.2 Å². The summed E-state index contributed by atoms with van der Waals surface area (Å²) in [6, 6.07) is 11.1. The fourth-order valence-electron chi connectivity index (χ4n) is 5.73. The van der Waals surface area contributed by atoms with Crippen molar-refractivity contribution in [3.8, 4) is 11.1 Å². The quantitative estimate of drug-likeness (QED) is 0.735. The molecular formula is C26H31FN2O2. The summed E-state index contributed by atoms with van der Waals surface area (Å²) in [6.45, 7) is 9.48. The highest BCUT2D eigenvalue weighted by Gasteiger charge is 2.42. The summed E-state index contributed by atoms with van der Waals surface area (Å²) in [5.74, 6) is 0.271. The summed E-state index contributed by atoms with van der Waals surface area (Å²) in [5.41, 5.74) is 5.20. The van der Waals surface area contributed by atoms with Crippen molar-refractivity contribution in [3.63, 3.8) is 0 Å². The van der Waals surface area contributed by atoms with Gasteiger partial charge in [-0.2, -0.15) is 0 Å². The van der Waals surface area contributed by atoms with E-state index in [0.29, 0.717) is 5.92 Å². The van der Waals surface area contributed by atoms with Gasteiger partial charge in [0.1, 0.15) is 11.9 Å². The number of nitrogens with one attached hydrogen (secondary N) is 1. The molecule has 1 N–H and O–H groups in total. The second-order valence-corrected chi connectivity index (χ2v) is 10.2. The summed E-state index contributed by atoms with van der Waals surface area (Å²) in [5, 5.41) is 3.17. The van der Waals surface area contributed by atoms with E-state index in [9.17, 15) is 9.18 Å². The molecule has 3 fully saturated rings. The number of carbonyl (C=O) groups excluding carboxylic acids is 1. The Morgan fingerprint density at radius 3 is 2.65 bits per heavy atom. The lowest BCUT2D eigenvalue weighted by molar-refractivity contribution is -0.0348. The number of rotatable bonds is 3. The van der Waals surface area contributed by atoms with Crippen LogP contribution in [0.4, 0.5) is 9.18 Å². The lowest BCUT2D eigenvalue weighted by atomic mass is 9.85. The van der Waals surface area contributed by atoms with Crippen molar-refractivity contribution in [1.82, 2.24) is 10.2 Å². The van der Waals surface area contributed by atoms with Gasteiger partial charge in [0, 0.05) is 6.54 Å². The first-order valence-electron chi connectivity index (χ1n) is 11.4. The maximum absolute atomic E-state index is 13.8. The van der Waals surface area contributed by atoms with Crippen LogP contribution in [0.25, 0.3) is 11.1 Å². The van der Waals surface area contributed by atoms with Crippen LogP contribution in [0.2, 0.25) is 0 Å². The van der Waals surface area contributed by atoms with E-state index in [4.69, 9.17) is 4.74 Å². The Kier molecular flexibility index (Phi) is 5.04. The third-order valence-corrected chi connectivity index (χ3v) is 7.51. The molecule has 3 heterocycles. The molecule has 164 valence electrons. The van der Waals surface area contributed by atoms with Gasteiger partial charge in [-0.15, -0.1) is 0 Å². The molecule has 0 aromatic heterocycles. The maximum atomic E-state index is 13.8. The number of piperidine rings is 3. The number of amides is 1. The van der Waals surface area contributed by atoms with Crippen LogP contribution in [0.5, 0.6) is 0 Å². The van der Waals surface area contributed by atoms with Gasteiger partial charge in [0.25, 0.3) is 0 Å². The summed E-state index contributed by atoms with van der Waals surface area (Å²) in [6.07, 6.45) is 2.80. The molecule has 3 saturated heterocycles. The number of nitrogens with zero attached hydrogens (tertiary/aromatic N) is 1. The van der Waals surface area contributed by atoms with Gasteiger partial charge in [-0.25, -0.2) is 9.18 Å². The molecule has 6 rings (SSSR count). The Bertz CT molecular complexity index is 1010. The van der Waals surface area contributed by atoms with E-state index in [1.807, 2.05) is 19.1 Å². The Labute approximate surface area is 183 Å². The summed E-state index contributed by atoms with van der Waals surface area (Å²) >= 11 is 0. The zero-order chi connectivity index (χ0) is 21.8. The topological polar surface area (TPSA) is 41.6 Å². The molecule has 4 nitrogen and oxygen atoms in total. The predicted octanol–water partition coefficient (Wildman–Crippen LogP) is 5.24. The Morgan fingerprint density at radius 2 is 1.94 bits per heavy atom. The maximum Gasteiger partial charge on any atom is 0.407 e. The standard InChI is InChI=1S/C26H31FN2O2/c1-16-4-6-20(27)13-22(16)18-5-7-21-19(12-18)14-26(2,3)24(21)28-25(30)31-23-15-29-10-8-17(23)9-11-29/h4-7,12-13,17,23-24H,8-11,14-15H2,1-3H3,(H,28,30)/t23-,24?/m1/s1. The highest BCUT2D eigenvalue weighted by molar-refractivity contribution is 5.71. The summed E-state index contributed by atoms with van der Waals surface area (Å²) in [4.78, 5) is 15.2. The minimum absolute atomic E-state index is 0.00446. The van der Waals surface area contributed by atoms with Crippen LogP contribution in [0.15, 0.2) is 36.4 Å². The normalized spacial score (nSPS) is 28.3. The van der Waals surface area contributed by atoms with Gasteiger partial charge in [-0.1, -0.05) is 38.1 Å². The SMILES string of the molecule is Cc1ccc(F)cc1-c1ccc2c(c1)CC(C)(C)C2NC(=O)O[C@@H]1CN2CCC1CC2. The van der Waals surface area contributed by atoms with Gasteiger partial charge in [-0.05, 0) is 90.6 Å². The minimum atomic E-state index is -0.310. The van der Waals surface area contributed by atoms with Crippen molar-refractivity contribution in [2.75, 3.05) is 19.6 Å². The lowest BCUT2D eigenvalue weighted by Gasteiger charge is -2.44. The highest BCUT2D eigenvalue weighted by Crippen LogP contribution is 2.46. The molecular weight excluding hydrogens is 391 g/mol. The molecule has 2 aromatic carbocycles. The number of aryl methyl sites for hydroxylation is 1. The third-order valence-electron chi connectivity index (χ3n) is 7.51. The second kappa shape index (κ2) is 7.63. The molecule has 1 aliphatic carbocycles. The molecule has 0 radical (unpaired) electrons. The molecule has 2 atom stereocenters. The van der Waals surface area contributed by atoms with Gasteiger partial charge in [-0.3, -0.25) is 4.90 Å². The van der Waals surface area contributed by atoms with Crippen LogP contribution in [0, 0.1) is 24.1 Å². The Balaban J connectivity index is 1.35. The van der Waals surface area contributed by atoms with Crippen LogP contribution in [-0.4, -0.2) is 36.7 Å². The number of hydrogen-bond donors (Lipinski definition) is 1. The number of carbonyl (C=O) groups is 1. The number of alkyl carbamates (subject to hydrolysis) is 1. The average molecular weight is 423 g/mol. The van der Waals surface area contributed by atoms with Crippen molar-refractivity contribution in [2.45, 2.75) is 52.2 Å². The number of benzene rings is 2. The monoisotopic (exact) mass is 422 g/mol. The molecule has 1 amide bonds. The van der Waals surface area contributed by atoms with E-state index in [-0.39, 0.29) is 29.5 Å². The second-order valence-electron chi connectivity index (χ2n) is 10.2. The number of hydrogen-bond acceptors (Lipinski definition) is 3. The fraction of sp³-hybridized carbons (Fsp3) is 0.500. The van der Waals surface area contributed by atoms with E-state index in [1.54, 1.807) is 6.07 Å². The Hall–Kier alpha value is -2.40. The molecule has 2 aromatic rings. The Morgan fingerprint density at radius 1 is 1.16 bits per heavy atom. The van der Waals surface area contributed by atoms with Crippen molar-refractivity contribution in [2.24, 2.45) is 11.3 Å². The number of ether oxygens (including phenoxy) is 1. The zero-order valence-electron chi connectivity index (χ0n) is 18.6. The molecule has 4 aliphatic rings. The fourth-order valence-corrected chi connectivity index (χ4v) is 5.73. The van der Waals surface area contributed by atoms with Crippen molar-refractivity contribution < 1.29 is 13.9 Å². The molecule has 1 unspecified atom stereocenters. The van der Waals surface area contributed by atoms with Crippen molar-refractivity contribution in [1.29, 1.82) is 0 Å². The van der Waals surface area contributed by atoms with Gasteiger partial charge < -0.3 is 10.1 Å². The third kappa shape index (κ3) is 3.84. The van der Waals surface area contributed by atoms with Gasteiger partial charge in [0.15, 0.2) is 0 Å². The van der Waals surface area contributed by atoms with E-state index < -0.39 is 0 Å². The zero-order valence-corrected chi connectivity index (χ0v) is 18.6. The van der Waals surface area contributed by atoms with Crippen LogP contribution in [-0.2, 0) is 11.2 Å². The van der Waals surface area contributed by atoms with Gasteiger partial charge in [0.05, 0.1) is 6.04 Å². The highest BCUT2D eigenvalue weighted by atomic mass is 19.1. The van der Waals surface area contributed by atoms with E-state index in [2.05, 4.69) is 36.2 Å². The summed E-state index contributed by atoms with van der Waals surface area (Å²) in [7, 11) is 0. The molecule has 2 bridgehead atoms.